The van der Waals surface area contributed by atoms with Crippen LogP contribution in [0.2, 0.25) is 10.0 Å². The highest BCUT2D eigenvalue weighted by atomic mass is 35.5. The number of carbonyl (C=O) groups excluding carboxylic acids is 1. The van der Waals surface area contributed by atoms with Gasteiger partial charge in [-0.15, -0.1) is 0 Å². The summed E-state index contributed by atoms with van der Waals surface area (Å²) in [6.45, 7) is 2.47. The summed E-state index contributed by atoms with van der Waals surface area (Å²) in [7, 11) is 1.33. The van der Waals surface area contributed by atoms with Gasteiger partial charge in [0.15, 0.2) is 6.61 Å². The molecule has 0 amide bonds. The highest BCUT2D eigenvalue weighted by molar-refractivity contribution is 6.38. The third-order valence-electron chi connectivity index (χ3n) is 5.71. The van der Waals surface area contributed by atoms with Gasteiger partial charge in [0.05, 0.1) is 34.6 Å². The third kappa shape index (κ3) is 17.3. The smallest absolute Gasteiger partial charge is 0.343 e. The van der Waals surface area contributed by atoms with Gasteiger partial charge in [0.25, 0.3) is 0 Å². The van der Waals surface area contributed by atoms with E-state index in [1.54, 1.807) is 30.5 Å². The molecule has 2 rings (SSSR count). The first-order valence-corrected chi connectivity index (χ1v) is 14.3. The summed E-state index contributed by atoms with van der Waals surface area (Å²) >= 11 is 12.0. The summed E-state index contributed by atoms with van der Waals surface area (Å²) in [5.41, 5.74) is 7.50. The molecule has 14 heteroatoms. The van der Waals surface area contributed by atoms with Crippen LogP contribution in [0.1, 0.15) is 49.5 Å². The molecule has 238 valence electrons. The second kappa shape index (κ2) is 22.2. The Labute approximate surface area is 260 Å². The first-order chi connectivity index (χ1) is 20.5. The summed E-state index contributed by atoms with van der Waals surface area (Å²) in [6.07, 6.45) is 7.85. The lowest BCUT2D eigenvalue weighted by molar-refractivity contribution is -0.143. The molecule has 1 unspecified atom stereocenters. The predicted molar refractivity (Wildman–Crippen MR) is 162 cm³/mol. The van der Waals surface area contributed by atoms with E-state index < -0.39 is 24.0 Å². The number of pyridine rings is 1. The fourth-order valence-electron chi connectivity index (χ4n) is 3.48. The number of esters is 1. The van der Waals surface area contributed by atoms with Crippen molar-refractivity contribution in [3.05, 3.63) is 63.9 Å². The van der Waals surface area contributed by atoms with Crippen LogP contribution in [0.4, 0.5) is 5.69 Å². The van der Waals surface area contributed by atoms with Crippen LogP contribution in [0.15, 0.2) is 42.6 Å². The van der Waals surface area contributed by atoms with Gasteiger partial charge in [-0.25, -0.2) is 14.4 Å². The molecule has 1 heterocycles. The second-order valence-electron chi connectivity index (χ2n) is 9.07. The summed E-state index contributed by atoms with van der Waals surface area (Å²) < 4.78 is 15.8. The summed E-state index contributed by atoms with van der Waals surface area (Å²) in [5.74, 6) is -2.34. The van der Waals surface area contributed by atoms with Crippen molar-refractivity contribution in [2.75, 3.05) is 45.8 Å². The number of nitrogens with two attached hydrogens (primary N) is 1. The number of hydrogen-bond donors (Lipinski definition) is 5. The summed E-state index contributed by atoms with van der Waals surface area (Å²) in [6, 6.07) is 6.85. The van der Waals surface area contributed by atoms with Crippen LogP contribution >= 0.6 is 23.2 Å². The number of carboxylic acids is 2. The van der Waals surface area contributed by atoms with Crippen molar-refractivity contribution in [2.24, 2.45) is 0 Å². The van der Waals surface area contributed by atoms with Crippen LogP contribution in [0.3, 0.4) is 0 Å². The molecule has 0 fully saturated rings. The first kappa shape index (κ1) is 37.6. The minimum Gasteiger partial charge on any atom is -0.480 e. The van der Waals surface area contributed by atoms with Gasteiger partial charge in [0, 0.05) is 38.1 Å². The first-order valence-electron chi connectivity index (χ1n) is 13.5. The van der Waals surface area contributed by atoms with E-state index >= 15 is 0 Å². The molecule has 2 aromatic rings. The average Bonchev–Trinajstić information content (AvgIpc) is 2.98. The van der Waals surface area contributed by atoms with Gasteiger partial charge < -0.3 is 40.6 Å². The van der Waals surface area contributed by atoms with Gasteiger partial charge in [-0.2, -0.15) is 0 Å². The Morgan fingerprint density at radius 1 is 1.02 bits per heavy atom. The molecular weight excluding hydrogens is 605 g/mol. The van der Waals surface area contributed by atoms with E-state index in [-0.39, 0.29) is 6.61 Å². The Kier molecular flexibility index (Phi) is 19.4. The Balaban J connectivity index is 0.00000101. The number of ether oxygens (including phenoxy) is 3. The second-order valence-corrected chi connectivity index (χ2v) is 9.89. The number of aliphatic hydroxyl groups excluding tert-OH is 1. The molecule has 6 N–H and O–H groups in total. The average molecular weight is 645 g/mol. The van der Waals surface area contributed by atoms with Crippen molar-refractivity contribution in [2.45, 2.75) is 44.6 Å². The standard InChI is InChI=1S/C25H35Cl2N3O5.C4H4O4/c1-33-24(32)17-35-23-9-6-11-30-21(23)8-7-13-34-12-5-3-2-4-10-29-16-22(31)18-14-19(26)25(28)20(27)15-18;5-3(6)1-2-4(7)8/h6,9,11,14-15,22,29,31H,2-5,7-8,10,12-13,16-17,28H2,1H3;1-2H,(H,5,6)(H,7,8)/b;2-1+. The molecule has 0 aliphatic carbocycles. The van der Waals surface area contributed by atoms with Crippen molar-refractivity contribution in [3.8, 4) is 5.75 Å². The van der Waals surface area contributed by atoms with Crippen LogP contribution in [0, 0.1) is 0 Å². The van der Waals surface area contributed by atoms with E-state index in [0.717, 1.165) is 50.9 Å². The maximum Gasteiger partial charge on any atom is 0.343 e. The quantitative estimate of drug-likeness (QED) is 0.0639. The molecular formula is C29H39Cl2N3O9. The summed E-state index contributed by atoms with van der Waals surface area (Å²) in [4.78, 5) is 34.7. The van der Waals surface area contributed by atoms with Gasteiger partial charge in [-0.1, -0.05) is 36.0 Å². The van der Waals surface area contributed by atoms with Gasteiger partial charge >= 0.3 is 17.9 Å². The van der Waals surface area contributed by atoms with Crippen molar-refractivity contribution < 1.29 is 43.9 Å². The minimum atomic E-state index is -1.26. The Hall–Kier alpha value is -3.42. The Bertz CT molecular complexity index is 1140. The number of benzene rings is 1. The molecule has 0 saturated carbocycles. The van der Waals surface area contributed by atoms with Gasteiger partial charge in [0.1, 0.15) is 5.75 Å². The normalized spacial score (nSPS) is 11.4. The zero-order valence-corrected chi connectivity index (χ0v) is 25.5. The lowest BCUT2D eigenvalue weighted by atomic mass is 10.1. The number of halogens is 2. The van der Waals surface area contributed by atoms with Crippen molar-refractivity contribution >= 4 is 46.8 Å². The number of aryl methyl sites for hydroxylation is 1. The molecule has 0 bridgehead atoms. The van der Waals surface area contributed by atoms with Crippen LogP contribution in [0.5, 0.6) is 5.75 Å². The molecule has 0 aliphatic heterocycles. The third-order valence-corrected chi connectivity index (χ3v) is 6.33. The lowest BCUT2D eigenvalue weighted by Gasteiger charge is -2.14. The molecule has 12 nitrogen and oxygen atoms in total. The number of carboxylic acid groups (broad SMARTS) is 2. The number of aromatic nitrogens is 1. The summed E-state index contributed by atoms with van der Waals surface area (Å²) in [5, 5.41) is 29.9. The van der Waals surface area contributed by atoms with Crippen molar-refractivity contribution in [1.29, 1.82) is 0 Å². The number of aliphatic carboxylic acids is 2. The monoisotopic (exact) mass is 643 g/mol. The number of rotatable bonds is 19. The van der Waals surface area contributed by atoms with Crippen LogP contribution in [-0.4, -0.2) is 78.2 Å². The zero-order chi connectivity index (χ0) is 32.0. The Morgan fingerprint density at radius 3 is 2.28 bits per heavy atom. The van der Waals surface area contributed by atoms with E-state index in [9.17, 15) is 19.5 Å². The minimum absolute atomic E-state index is 0.131. The molecule has 1 aromatic heterocycles. The van der Waals surface area contributed by atoms with E-state index in [4.69, 9.17) is 48.6 Å². The SMILES string of the molecule is COC(=O)COc1cccnc1CCCOCCCCCCNCC(O)c1cc(Cl)c(N)c(Cl)c1.O=C(O)/C=C/C(=O)O. The lowest BCUT2D eigenvalue weighted by Crippen LogP contribution is -2.22. The molecule has 0 saturated heterocycles. The van der Waals surface area contributed by atoms with Gasteiger partial charge in [0.2, 0.25) is 0 Å². The molecule has 0 radical (unpaired) electrons. The largest absolute Gasteiger partial charge is 0.480 e. The number of aliphatic hydroxyl groups is 1. The number of unbranched alkanes of at least 4 members (excludes halogenated alkanes) is 3. The fraction of sp³-hybridized carbons (Fsp3) is 0.448. The number of nitrogens with zero attached hydrogens (tertiary/aromatic N) is 1. The molecule has 0 aliphatic rings. The highest BCUT2D eigenvalue weighted by Crippen LogP contribution is 2.31. The number of anilines is 1. The number of hydrogen-bond acceptors (Lipinski definition) is 10. The van der Waals surface area contributed by atoms with Crippen LogP contribution in [-0.2, 0) is 30.3 Å². The van der Waals surface area contributed by atoms with Crippen LogP contribution < -0.4 is 15.8 Å². The Morgan fingerprint density at radius 2 is 1.65 bits per heavy atom. The number of nitrogens with one attached hydrogen (secondary N) is 1. The van der Waals surface area contributed by atoms with E-state index in [0.29, 0.717) is 58.8 Å². The van der Waals surface area contributed by atoms with Gasteiger partial charge in [-0.05, 0) is 62.1 Å². The van der Waals surface area contributed by atoms with E-state index in [1.165, 1.54) is 7.11 Å². The van der Waals surface area contributed by atoms with Crippen molar-refractivity contribution in [1.82, 2.24) is 10.3 Å². The molecule has 1 aromatic carbocycles. The fourth-order valence-corrected chi connectivity index (χ4v) is 3.99. The van der Waals surface area contributed by atoms with E-state index in [2.05, 4.69) is 15.0 Å². The number of nitrogen functional groups attached to an aromatic ring is 1. The number of carbonyl (C=O) groups is 3. The zero-order valence-electron chi connectivity index (χ0n) is 24.0. The maximum atomic E-state index is 11.3. The van der Waals surface area contributed by atoms with Crippen molar-refractivity contribution in [3.63, 3.8) is 0 Å². The molecule has 0 spiro atoms. The maximum absolute atomic E-state index is 11.3. The van der Waals surface area contributed by atoms with E-state index in [1.807, 2.05) is 0 Å². The highest BCUT2D eigenvalue weighted by Gasteiger charge is 2.12. The number of methoxy groups -OCH3 is 1. The van der Waals surface area contributed by atoms with Crippen LogP contribution in [0.25, 0.3) is 0 Å². The predicted octanol–water partition coefficient (Wildman–Crippen LogP) is 4.07. The topological polar surface area (TPSA) is 191 Å². The van der Waals surface area contributed by atoms with Gasteiger partial charge in [-0.3, -0.25) is 4.98 Å². The molecule has 43 heavy (non-hydrogen) atoms. The molecule has 1 atom stereocenters.